The topological polar surface area (TPSA) is 80.3 Å². The number of thioether (sulfide) groups is 1. The van der Waals surface area contributed by atoms with Crippen LogP contribution in [-0.2, 0) is 9.59 Å². The number of hydrogen-bond acceptors (Lipinski definition) is 5. The molecule has 0 bridgehead atoms. The fourth-order valence-corrected chi connectivity index (χ4v) is 2.22. The summed E-state index contributed by atoms with van der Waals surface area (Å²) in [7, 11) is 0. The molecule has 0 spiro atoms. The number of rotatable bonds is 6. The maximum Gasteiger partial charge on any atom is 0.0425 e. The van der Waals surface area contributed by atoms with Crippen LogP contribution in [0.15, 0.2) is 0 Å². The average Bonchev–Trinajstić information content (AvgIpc) is 1.80. The lowest BCUT2D eigenvalue weighted by Crippen LogP contribution is -2.28. The van der Waals surface area contributed by atoms with E-state index in [0.717, 1.165) is 0 Å². The number of carboxylic acid groups (broad SMARTS) is 2. The van der Waals surface area contributed by atoms with Gasteiger partial charge in [-0.15, -0.1) is 0 Å². The molecule has 2 atom stereocenters. The zero-order chi connectivity index (χ0) is 10.4. The molecule has 0 amide bonds. The van der Waals surface area contributed by atoms with Gasteiger partial charge in [-0.1, -0.05) is 13.8 Å². The van der Waals surface area contributed by atoms with Gasteiger partial charge in [0.25, 0.3) is 0 Å². The molecule has 0 aliphatic carbocycles. The van der Waals surface area contributed by atoms with Gasteiger partial charge in [0.15, 0.2) is 0 Å². The van der Waals surface area contributed by atoms with Crippen molar-refractivity contribution in [2.24, 2.45) is 0 Å². The Labute approximate surface area is 81.3 Å². The summed E-state index contributed by atoms with van der Waals surface area (Å²) in [5.41, 5.74) is 0. The van der Waals surface area contributed by atoms with Gasteiger partial charge in [-0.25, -0.2) is 0 Å². The van der Waals surface area contributed by atoms with Crippen LogP contribution in [0.5, 0.6) is 0 Å². The second-order valence-corrected chi connectivity index (χ2v) is 4.79. The molecule has 0 aromatic carbocycles. The number of carbonyl (C=O) groups is 2. The fourth-order valence-electron chi connectivity index (χ4n) is 0.962. The Morgan fingerprint density at radius 2 is 1.38 bits per heavy atom. The molecule has 0 aromatic heterocycles. The van der Waals surface area contributed by atoms with Crippen LogP contribution in [0.25, 0.3) is 0 Å². The molecule has 0 fully saturated rings. The molecule has 0 rings (SSSR count). The number of hydrogen-bond donors (Lipinski definition) is 0. The maximum absolute atomic E-state index is 10.2. The van der Waals surface area contributed by atoms with Gasteiger partial charge in [0, 0.05) is 22.4 Å². The van der Waals surface area contributed by atoms with Gasteiger partial charge in [0.1, 0.15) is 0 Å². The summed E-state index contributed by atoms with van der Waals surface area (Å²) in [6.45, 7) is 3.46. The molecule has 0 N–H and O–H groups in total. The normalized spacial score (nSPS) is 14.9. The molecule has 5 heteroatoms. The van der Waals surface area contributed by atoms with Crippen LogP contribution in [0.4, 0.5) is 0 Å². The lowest BCUT2D eigenvalue weighted by molar-refractivity contribution is -0.306. The second-order valence-electron chi connectivity index (χ2n) is 2.91. The van der Waals surface area contributed by atoms with Crippen molar-refractivity contribution in [2.75, 3.05) is 0 Å². The molecule has 0 aliphatic heterocycles. The second kappa shape index (κ2) is 5.85. The van der Waals surface area contributed by atoms with Crippen molar-refractivity contribution >= 4 is 23.7 Å². The van der Waals surface area contributed by atoms with Gasteiger partial charge in [-0.3, -0.25) is 0 Å². The third-order valence-corrected chi connectivity index (χ3v) is 2.64. The zero-order valence-electron chi connectivity index (χ0n) is 7.61. The smallest absolute Gasteiger partial charge is 0.0425 e. The molecule has 0 radical (unpaired) electrons. The van der Waals surface area contributed by atoms with Gasteiger partial charge in [-0.2, -0.15) is 11.8 Å². The first-order valence-electron chi connectivity index (χ1n) is 3.97. The summed E-state index contributed by atoms with van der Waals surface area (Å²) in [4.78, 5) is 20.3. The molecule has 0 aromatic rings. The van der Waals surface area contributed by atoms with E-state index in [2.05, 4.69) is 0 Å². The van der Waals surface area contributed by atoms with E-state index in [9.17, 15) is 19.8 Å². The minimum Gasteiger partial charge on any atom is -0.550 e. The summed E-state index contributed by atoms with van der Waals surface area (Å²) in [6, 6.07) is 0. The molecular formula is C8H12O4S-2. The number of carbonyl (C=O) groups excluding carboxylic acids is 2. The quantitative estimate of drug-likeness (QED) is 0.541. The van der Waals surface area contributed by atoms with E-state index in [1.807, 2.05) is 0 Å². The van der Waals surface area contributed by atoms with Crippen LogP contribution < -0.4 is 10.2 Å². The lowest BCUT2D eigenvalue weighted by atomic mass is 10.3. The summed E-state index contributed by atoms with van der Waals surface area (Å²) in [6.07, 6.45) is -0.107. The molecule has 0 saturated carbocycles. The van der Waals surface area contributed by atoms with Crippen molar-refractivity contribution in [3.63, 3.8) is 0 Å². The van der Waals surface area contributed by atoms with E-state index < -0.39 is 11.9 Å². The minimum atomic E-state index is -1.11. The third kappa shape index (κ3) is 7.64. The molecule has 4 nitrogen and oxygen atoms in total. The Morgan fingerprint density at radius 1 is 1.08 bits per heavy atom. The molecule has 0 aliphatic rings. The summed E-state index contributed by atoms with van der Waals surface area (Å²) < 4.78 is 0. The standard InChI is InChI=1S/C8H14O4S/c1-5(3-7(9)10)13-6(2)4-8(11)12/h5-6H,3-4H2,1-2H3,(H,9,10)(H,11,12)/p-2. The average molecular weight is 204 g/mol. The SMILES string of the molecule is CC(CC(=O)[O-])SC(C)CC(=O)[O-]. The Morgan fingerprint density at radius 3 is 1.62 bits per heavy atom. The monoisotopic (exact) mass is 204 g/mol. The van der Waals surface area contributed by atoms with Gasteiger partial charge < -0.3 is 19.8 Å². The van der Waals surface area contributed by atoms with Gasteiger partial charge >= 0.3 is 0 Å². The highest BCUT2D eigenvalue weighted by Gasteiger charge is 2.09. The van der Waals surface area contributed by atoms with E-state index >= 15 is 0 Å². The van der Waals surface area contributed by atoms with E-state index in [0.29, 0.717) is 0 Å². The van der Waals surface area contributed by atoms with Crippen LogP contribution in [-0.4, -0.2) is 22.4 Å². The highest BCUT2D eigenvalue weighted by atomic mass is 32.2. The Hall–Kier alpha value is -0.710. The van der Waals surface area contributed by atoms with E-state index in [4.69, 9.17) is 0 Å². The maximum atomic E-state index is 10.2. The van der Waals surface area contributed by atoms with E-state index in [1.165, 1.54) is 11.8 Å². The first-order valence-corrected chi connectivity index (χ1v) is 4.91. The van der Waals surface area contributed by atoms with Crippen molar-refractivity contribution in [3.8, 4) is 0 Å². The van der Waals surface area contributed by atoms with Crippen molar-refractivity contribution in [3.05, 3.63) is 0 Å². The van der Waals surface area contributed by atoms with Gasteiger partial charge in [0.05, 0.1) is 0 Å². The van der Waals surface area contributed by atoms with Crippen LogP contribution in [0.2, 0.25) is 0 Å². The summed E-state index contributed by atoms with van der Waals surface area (Å²) >= 11 is 1.31. The lowest BCUT2D eigenvalue weighted by Gasteiger charge is -2.17. The number of aliphatic carboxylic acids is 2. The predicted molar refractivity (Wildman–Crippen MR) is 45.8 cm³/mol. The zero-order valence-corrected chi connectivity index (χ0v) is 8.43. The molecule has 13 heavy (non-hydrogen) atoms. The summed E-state index contributed by atoms with van der Waals surface area (Å²) in [5, 5.41) is 20.1. The molecule has 76 valence electrons. The van der Waals surface area contributed by atoms with E-state index in [-0.39, 0.29) is 23.3 Å². The Balaban J connectivity index is 3.70. The number of carboxylic acids is 2. The first kappa shape index (κ1) is 12.3. The minimum absolute atomic E-state index is 0.0535. The van der Waals surface area contributed by atoms with E-state index in [1.54, 1.807) is 13.8 Å². The first-order chi connectivity index (χ1) is 5.91. The molecular weight excluding hydrogens is 192 g/mol. The van der Waals surface area contributed by atoms with Gasteiger partial charge in [0.2, 0.25) is 0 Å². The van der Waals surface area contributed by atoms with Crippen LogP contribution in [0.3, 0.4) is 0 Å². The van der Waals surface area contributed by atoms with Crippen LogP contribution >= 0.6 is 11.8 Å². The van der Waals surface area contributed by atoms with Crippen molar-refractivity contribution in [1.29, 1.82) is 0 Å². The predicted octanol–water partition coefficient (Wildman–Crippen LogP) is -1.22. The largest absolute Gasteiger partial charge is 0.550 e. The summed E-state index contributed by atoms with van der Waals surface area (Å²) in [5.74, 6) is -2.22. The van der Waals surface area contributed by atoms with Crippen molar-refractivity contribution in [1.82, 2.24) is 0 Å². The highest BCUT2D eigenvalue weighted by Crippen LogP contribution is 2.21. The highest BCUT2D eigenvalue weighted by molar-refractivity contribution is 8.00. The molecule has 0 saturated heterocycles. The Bertz CT molecular complexity index is 173. The van der Waals surface area contributed by atoms with Gasteiger partial charge in [-0.05, 0) is 12.8 Å². The van der Waals surface area contributed by atoms with Crippen molar-refractivity contribution < 1.29 is 19.8 Å². The Kier molecular flexibility index (Phi) is 5.53. The fraction of sp³-hybridized carbons (Fsp3) is 0.750. The molecule has 0 heterocycles. The van der Waals surface area contributed by atoms with Crippen LogP contribution in [0, 0.1) is 0 Å². The molecule has 2 unspecified atom stereocenters. The van der Waals surface area contributed by atoms with Crippen LogP contribution in [0.1, 0.15) is 26.7 Å². The van der Waals surface area contributed by atoms with Crippen molar-refractivity contribution in [2.45, 2.75) is 37.2 Å². The third-order valence-electron chi connectivity index (χ3n) is 1.37.